The Morgan fingerprint density at radius 2 is 2.28 bits per heavy atom. The summed E-state index contributed by atoms with van der Waals surface area (Å²) in [5.41, 5.74) is 8.00. The van der Waals surface area contributed by atoms with E-state index in [1.54, 1.807) is 7.11 Å². The molecule has 0 bridgehead atoms. The van der Waals surface area contributed by atoms with Crippen molar-refractivity contribution >= 4 is 17.0 Å². The molecule has 1 fully saturated rings. The molecular formula is C14H19N3O. The molecule has 0 radical (unpaired) electrons. The van der Waals surface area contributed by atoms with Crippen LogP contribution in [0.15, 0.2) is 18.2 Å². The molecule has 1 aromatic carbocycles. The third kappa shape index (κ3) is 2.15. The lowest BCUT2D eigenvalue weighted by Crippen LogP contribution is -2.03. The predicted molar refractivity (Wildman–Crippen MR) is 72.7 cm³/mol. The summed E-state index contributed by atoms with van der Waals surface area (Å²) in [4.78, 5) is 4.40. The monoisotopic (exact) mass is 245 g/mol. The molecule has 4 nitrogen and oxygen atoms in total. The van der Waals surface area contributed by atoms with Crippen molar-refractivity contribution in [3.63, 3.8) is 0 Å². The summed E-state index contributed by atoms with van der Waals surface area (Å²) in [7, 11) is 1.66. The highest BCUT2D eigenvalue weighted by Gasteiger charge is 2.20. The highest BCUT2D eigenvalue weighted by molar-refractivity contribution is 5.79. The maximum Gasteiger partial charge on any atom is 0.201 e. The third-order valence-corrected chi connectivity index (χ3v) is 3.68. The van der Waals surface area contributed by atoms with E-state index >= 15 is 0 Å². The lowest BCUT2D eigenvalue weighted by molar-refractivity contribution is 0.415. The molecule has 96 valence electrons. The Morgan fingerprint density at radius 3 is 3.00 bits per heavy atom. The van der Waals surface area contributed by atoms with Crippen LogP contribution in [0.3, 0.4) is 0 Å². The molecule has 1 aromatic heterocycles. The Morgan fingerprint density at radius 1 is 1.44 bits per heavy atom. The summed E-state index contributed by atoms with van der Waals surface area (Å²) in [6.07, 6.45) is 5.33. The van der Waals surface area contributed by atoms with Crippen molar-refractivity contribution in [1.82, 2.24) is 9.55 Å². The van der Waals surface area contributed by atoms with E-state index in [1.165, 1.54) is 25.7 Å². The van der Waals surface area contributed by atoms with Gasteiger partial charge in [-0.1, -0.05) is 12.8 Å². The van der Waals surface area contributed by atoms with E-state index in [4.69, 9.17) is 10.5 Å². The molecule has 2 N–H and O–H groups in total. The van der Waals surface area contributed by atoms with Gasteiger partial charge < -0.3 is 15.0 Å². The Hall–Kier alpha value is -1.71. The summed E-state index contributed by atoms with van der Waals surface area (Å²) >= 11 is 0. The number of imidazole rings is 1. The molecule has 0 spiro atoms. The second-order valence-corrected chi connectivity index (χ2v) is 5.06. The summed E-state index contributed by atoms with van der Waals surface area (Å²) in [5, 5.41) is 0. The van der Waals surface area contributed by atoms with Gasteiger partial charge in [0.2, 0.25) is 5.95 Å². The average molecular weight is 245 g/mol. The van der Waals surface area contributed by atoms with Gasteiger partial charge in [-0.05, 0) is 30.9 Å². The Labute approximate surface area is 107 Å². The number of fused-ring (bicyclic) bond motifs is 1. The highest BCUT2D eigenvalue weighted by Crippen LogP contribution is 2.34. The zero-order valence-corrected chi connectivity index (χ0v) is 10.7. The quantitative estimate of drug-likeness (QED) is 0.881. The molecule has 1 aliphatic rings. The third-order valence-electron chi connectivity index (χ3n) is 3.68. The van der Waals surface area contributed by atoms with Gasteiger partial charge in [0, 0.05) is 12.6 Å². The second-order valence-electron chi connectivity index (χ2n) is 5.06. The molecule has 1 heterocycles. The number of aryl methyl sites for hydroxylation is 1. The zero-order chi connectivity index (χ0) is 12.5. The molecule has 0 unspecified atom stereocenters. The summed E-state index contributed by atoms with van der Waals surface area (Å²) in [5.74, 6) is 2.40. The van der Waals surface area contributed by atoms with Gasteiger partial charge in [-0.15, -0.1) is 0 Å². The molecule has 4 heteroatoms. The van der Waals surface area contributed by atoms with E-state index in [1.807, 2.05) is 18.2 Å². The Kier molecular flexibility index (Phi) is 2.86. The van der Waals surface area contributed by atoms with Crippen molar-refractivity contribution in [2.24, 2.45) is 5.92 Å². The van der Waals surface area contributed by atoms with Crippen LogP contribution in [0.25, 0.3) is 11.0 Å². The minimum Gasteiger partial charge on any atom is -0.497 e. The van der Waals surface area contributed by atoms with Crippen molar-refractivity contribution < 1.29 is 4.74 Å². The van der Waals surface area contributed by atoms with Gasteiger partial charge >= 0.3 is 0 Å². The van der Waals surface area contributed by atoms with Gasteiger partial charge in [-0.3, -0.25) is 0 Å². The fourth-order valence-corrected chi connectivity index (χ4v) is 2.43. The zero-order valence-electron chi connectivity index (χ0n) is 10.7. The van der Waals surface area contributed by atoms with Gasteiger partial charge in [0.1, 0.15) is 5.75 Å². The number of aromatic nitrogens is 2. The Balaban J connectivity index is 1.82. The number of hydrogen-bond acceptors (Lipinski definition) is 3. The van der Waals surface area contributed by atoms with Gasteiger partial charge in [-0.2, -0.15) is 0 Å². The van der Waals surface area contributed by atoms with Crippen molar-refractivity contribution in [2.75, 3.05) is 12.8 Å². The number of rotatable bonds is 5. The van der Waals surface area contributed by atoms with E-state index in [9.17, 15) is 0 Å². The van der Waals surface area contributed by atoms with Gasteiger partial charge in [-0.25, -0.2) is 4.98 Å². The molecule has 3 rings (SSSR count). The molecule has 1 aliphatic carbocycles. The highest BCUT2D eigenvalue weighted by atomic mass is 16.5. The lowest BCUT2D eigenvalue weighted by Gasteiger charge is -2.06. The average Bonchev–Trinajstić information content (AvgIpc) is 3.14. The smallest absolute Gasteiger partial charge is 0.201 e. The number of hydrogen-bond donors (Lipinski definition) is 1. The summed E-state index contributed by atoms with van der Waals surface area (Å²) < 4.78 is 7.31. The molecular weight excluding hydrogens is 226 g/mol. The van der Waals surface area contributed by atoms with Crippen LogP contribution in [0.2, 0.25) is 0 Å². The standard InChI is InChI=1S/C14H19N3O/c1-18-11-6-7-13-12(9-11)16-14(15)17(13)8-2-3-10-4-5-10/h6-7,9-10H,2-5,8H2,1H3,(H2,15,16). The second kappa shape index (κ2) is 4.52. The first-order valence-corrected chi connectivity index (χ1v) is 6.57. The summed E-state index contributed by atoms with van der Waals surface area (Å²) in [6.45, 7) is 0.963. The van der Waals surface area contributed by atoms with E-state index in [0.29, 0.717) is 5.95 Å². The minimum absolute atomic E-state index is 0.606. The van der Waals surface area contributed by atoms with Crippen molar-refractivity contribution in [1.29, 1.82) is 0 Å². The molecule has 0 saturated heterocycles. The first kappa shape index (κ1) is 11.4. The van der Waals surface area contributed by atoms with Crippen LogP contribution >= 0.6 is 0 Å². The van der Waals surface area contributed by atoms with Crippen LogP contribution in [0, 0.1) is 5.92 Å². The maximum absolute atomic E-state index is 5.99. The van der Waals surface area contributed by atoms with Gasteiger partial charge in [0.25, 0.3) is 0 Å². The normalized spacial score (nSPS) is 15.2. The molecule has 1 saturated carbocycles. The van der Waals surface area contributed by atoms with Crippen LogP contribution in [0.4, 0.5) is 5.95 Å². The first-order valence-electron chi connectivity index (χ1n) is 6.57. The maximum atomic E-state index is 5.99. The number of nitrogens with two attached hydrogens (primary N) is 1. The lowest BCUT2D eigenvalue weighted by atomic mass is 10.2. The van der Waals surface area contributed by atoms with Crippen LogP contribution in [-0.2, 0) is 6.54 Å². The summed E-state index contributed by atoms with van der Waals surface area (Å²) in [6, 6.07) is 5.93. The van der Waals surface area contributed by atoms with E-state index in [2.05, 4.69) is 9.55 Å². The fraction of sp³-hybridized carbons (Fsp3) is 0.500. The molecule has 0 amide bonds. The molecule has 18 heavy (non-hydrogen) atoms. The first-order chi connectivity index (χ1) is 8.78. The molecule has 0 aliphatic heterocycles. The minimum atomic E-state index is 0.606. The molecule has 0 atom stereocenters. The van der Waals surface area contributed by atoms with E-state index < -0.39 is 0 Å². The number of ether oxygens (including phenoxy) is 1. The van der Waals surface area contributed by atoms with Crippen LogP contribution in [0.5, 0.6) is 5.75 Å². The number of anilines is 1. The van der Waals surface area contributed by atoms with Crippen LogP contribution < -0.4 is 10.5 Å². The van der Waals surface area contributed by atoms with E-state index in [-0.39, 0.29) is 0 Å². The van der Waals surface area contributed by atoms with Crippen LogP contribution in [0.1, 0.15) is 25.7 Å². The number of methoxy groups -OCH3 is 1. The van der Waals surface area contributed by atoms with Crippen molar-refractivity contribution in [2.45, 2.75) is 32.2 Å². The van der Waals surface area contributed by atoms with Gasteiger partial charge in [0.15, 0.2) is 0 Å². The van der Waals surface area contributed by atoms with Crippen LogP contribution in [-0.4, -0.2) is 16.7 Å². The van der Waals surface area contributed by atoms with Crippen molar-refractivity contribution in [3.8, 4) is 5.75 Å². The SMILES string of the molecule is COc1ccc2c(c1)nc(N)n2CCCC1CC1. The topological polar surface area (TPSA) is 53.1 Å². The number of nitrogen functional groups attached to an aromatic ring is 1. The molecule has 2 aromatic rings. The van der Waals surface area contributed by atoms with Gasteiger partial charge in [0.05, 0.1) is 18.1 Å². The number of nitrogens with zero attached hydrogens (tertiary/aromatic N) is 2. The van der Waals surface area contributed by atoms with E-state index in [0.717, 1.165) is 29.2 Å². The number of benzene rings is 1. The Bertz CT molecular complexity index is 557. The largest absolute Gasteiger partial charge is 0.497 e. The predicted octanol–water partition coefficient (Wildman–Crippen LogP) is 2.82. The fourth-order valence-electron chi connectivity index (χ4n) is 2.43. The van der Waals surface area contributed by atoms with Crippen molar-refractivity contribution in [3.05, 3.63) is 18.2 Å².